The first-order valence-electron chi connectivity index (χ1n) is 6.29. The molecule has 0 aromatic carbocycles. The van der Waals surface area contributed by atoms with Gasteiger partial charge in [0, 0.05) is 0 Å². The van der Waals surface area contributed by atoms with Gasteiger partial charge in [-0.1, -0.05) is 0 Å². The van der Waals surface area contributed by atoms with Gasteiger partial charge in [-0.15, -0.1) is 0 Å². The topological polar surface area (TPSA) is 64.5 Å². The van der Waals surface area contributed by atoms with Crippen LogP contribution in [-0.4, -0.2) is 33.8 Å². The van der Waals surface area contributed by atoms with Crippen molar-refractivity contribution in [3.8, 4) is 5.75 Å². The van der Waals surface area contributed by atoms with Gasteiger partial charge < -0.3 is 9.47 Å². The van der Waals surface area contributed by atoms with E-state index >= 15 is 0 Å². The third kappa shape index (κ3) is 2.95. The Morgan fingerprint density at radius 3 is 2.75 bits per heavy atom. The number of halogens is 1. The van der Waals surface area contributed by atoms with Crippen LogP contribution in [0.25, 0.3) is 0 Å². The number of carbonyl (C=O) groups is 1. The van der Waals surface area contributed by atoms with Gasteiger partial charge in [-0.05, 0) is 46.2 Å². The molecular formula is C13H18ClN3O3. The summed E-state index contributed by atoms with van der Waals surface area (Å²) in [5, 5.41) is 0.0543. The number of nitrogens with zero attached hydrogens (tertiary/aromatic N) is 3. The lowest BCUT2D eigenvalue weighted by molar-refractivity contribution is 0.0505. The number of fused-ring (bicyclic) bond motifs is 1. The third-order valence-corrected chi connectivity index (χ3v) is 2.86. The predicted octanol–water partition coefficient (Wildman–Crippen LogP) is 3.04. The predicted molar refractivity (Wildman–Crippen MR) is 75.3 cm³/mol. The molecular weight excluding hydrogens is 282 g/mol. The minimum Gasteiger partial charge on any atom is -0.486 e. The molecule has 2 heterocycles. The van der Waals surface area contributed by atoms with Crippen molar-refractivity contribution < 1.29 is 14.3 Å². The molecule has 0 bridgehead atoms. The first-order chi connectivity index (χ1) is 9.10. The molecule has 20 heavy (non-hydrogen) atoms. The molecule has 0 N–H and O–H groups in total. The van der Waals surface area contributed by atoms with Gasteiger partial charge in [-0.25, -0.2) is 14.7 Å². The van der Waals surface area contributed by atoms with Gasteiger partial charge >= 0.3 is 6.09 Å². The second-order valence-corrected chi connectivity index (χ2v) is 6.58. The van der Waals surface area contributed by atoms with Crippen molar-refractivity contribution in [1.29, 1.82) is 0 Å². The fourth-order valence-corrected chi connectivity index (χ4v) is 1.98. The van der Waals surface area contributed by atoms with Crippen molar-refractivity contribution in [2.75, 3.05) is 11.5 Å². The lowest BCUT2D eigenvalue weighted by atomic mass is 10.0. The van der Waals surface area contributed by atoms with Crippen LogP contribution in [0.5, 0.6) is 5.75 Å². The van der Waals surface area contributed by atoms with E-state index in [1.165, 1.54) is 11.1 Å². The first-order valence-corrected chi connectivity index (χ1v) is 6.66. The zero-order valence-electron chi connectivity index (χ0n) is 12.2. The number of aromatic nitrogens is 2. The molecule has 110 valence electrons. The normalized spacial score (nSPS) is 17.2. The maximum atomic E-state index is 12.4. The van der Waals surface area contributed by atoms with Crippen molar-refractivity contribution in [2.24, 2.45) is 0 Å². The fourth-order valence-electron chi connectivity index (χ4n) is 1.85. The van der Waals surface area contributed by atoms with Crippen LogP contribution in [-0.2, 0) is 4.74 Å². The van der Waals surface area contributed by atoms with E-state index < -0.39 is 17.2 Å². The Bertz CT molecular complexity index is 540. The number of amides is 1. The van der Waals surface area contributed by atoms with Crippen molar-refractivity contribution in [2.45, 2.75) is 45.8 Å². The quantitative estimate of drug-likeness (QED) is 0.689. The second kappa shape index (κ2) is 4.77. The number of hydrogen-bond donors (Lipinski definition) is 0. The van der Waals surface area contributed by atoms with Gasteiger partial charge in [0.1, 0.15) is 12.2 Å². The van der Waals surface area contributed by atoms with E-state index in [1.54, 1.807) is 0 Å². The van der Waals surface area contributed by atoms with E-state index in [1.807, 2.05) is 34.6 Å². The lowest BCUT2D eigenvalue weighted by Gasteiger charge is -2.41. The van der Waals surface area contributed by atoms with Crippen LogP contribution in [0, 0.1) is 0 Å². The fraction of sp³-hybridized carbons (Fsp3) is 0.615. The highest BCUT2D eigenvalue weighted by molar-refractivity contribution is 6.28. The third-order valence-electron chi connectivity index (χ3n) is 2.68. The Balaban J connectivity index is 2.43. The molecule has 0 saturated heterocycles. The molecule has 0 unspecified atom stereocenters. The molecule has 1 aliphatic rings. The summed E-state index contributed by atoms with van der Waals surface area (Å²) in [5.74, 6) is 0.745. The molecule has 0 fully saturated rings. The van der Waals surface area contributed by atoms with Crippen LogP contribution in [0.4, 0.5) is 10.6 Å². The number of rotatable bonds is 0. The summed E-state index contributed by atoms with van der Waals surface area (Å²) in [4.78, 5) is 21.9. The highest BCUT2D eigenvalue weighted by Gasteiger charge is 2.42. The second-order valence-electron chi connectivity index (χ2n) is 6.24. The standard InChI is InChI=1S/C13H18ClN3O3/c1-12(2,3)20-11(18)17-9-8(6-15-10(14)16-9)19-7-13(17,4)5/h6H,7H2,1-5H3. The average molecular weight is 300 g/mol. The Morgan fingerprint density at radius 1 is 1.50 bits per heavy atom. The molecule has 0 spiro atoms. The van der Waals surface area contributed by atoms with Crippen LogP contribution < -0.4 is 9.64 Å². The summed E-state index contributed by atoms with van der Waals surface area (Å²) in [7, 11) is 0. The number of carbonyl (C=O) groups excluding carboxylic acids is 1. The van der Waals surface area contributed by atoms with Gasteiger partial charge in [-0.3, -0.25) is 0 Å². The summed E-state index contributed by atoms with van der Waals surface area (Å²) in [6, 6.07) is 0. The monoisotopic (exact) mass is 299 g/mol. The van der Waals surface area contributed by atoms with Crippen LogP contribution >= 0.6 is 11.6 Å². The molecule has 7 heteroatoms. The number of ether oxygens (including phenoxy) is 2. The summed E-state index contributed by atoms with van der Waals surface area (Å²) in [6.07, 6.45) is 0.971. The smallest absolute Gasteiger partial charge is 0.416 e. The molecule has 1 aromatic rings. The van der Waals surface area contributed by atoms with E-state index in [9.17, 15) is 4.79 Å². The summed E-state index contributed by atoms with van der Waals surface area (Å²) >= 11 is 5.82. The lowest BCUT2D eigenvalue weighted by Crippen LogP contribution is -2.56. The number of anilines is 1. The Morgan fingerprint density at radius 2 is 2.15 bits per heavy atom. The van der Waals surface area contributed by atoms with E-state index in [2.05, 4.69) is 9.97 Å². The molecule has 1 aromatic heterocycles. The average Bonchev–Trinajstić information content (AvgIpc) is 2.24. The summed E-state index contributed by atoms with van der Waals surface area (Å²) in [6.45, 7) is 9.50. The zero-order chi connectivity index (χ0) is 15.1. The highest BCUT2D eigenvalue weighted by Crippen LogP contribution is 2.37. The van der Waals surface area contributed by atoms with Crippen LogP contribution in [0.3, 0.4) is 0 Å². The largest absolute Gasteiger partial charge is 0.486 e. The van der Waals surface area contributed by atoms with Crippen molar-refractivity contribution in [3.05, 3.63) is 11.5 Å². The van der Waals surface area contributed by atoms with Crippen LogP contribution in [0.1, 0.15) is 34.6 Å². The van der Waals surface area contributed by atoms with Gasteiger partial charge in [0.05, 0.1) is 11.7 Å². The number of hydrogen-bond acceptors (Lipinski definition) is 5. The van der Waals surface area contributed by atoms with E-state index in [4.69, 9.17) is 21.1 Å². The highest BCUT2D eigenvalue weighted by atomic mass is 35.5. The minimum absolute atomic E-state index is 0.0543. The summed E-state index contributed by atoms with van der Waals surface area (Å²) in [5.41, 5.74) is -1.19. The van der Waals surface area contributed by atoms with Gasteiger partial charge in [0.15, 0.2) is 11.6 Å². The van der Waals surface area contributed by atoms with Crippen molar-refractivity contribution in [1.82, 2.24) is 9.97 Å². The SMILES string of the molecule is CC(C)(C)OC(=O)N1c2nc(Cl)ncc2OCC1(C)C. The van der Waals surface area contributed by atoms with Gasteiger partial charge in [-0.2, -0.15) is 4.98 Å². The van der Waals surface area contributed by atoms with Crippen molar-refractivity contribution in [3.63, 3.8) is 0 Å². The minimum atomic E-state index is -0.595. The Hall–Kier alpha value is -1.56. The molecule has 6 nitrogen and oxygen atoms in total. The van der Waals surface area contributed by atoms with Crippen LogP contribution in [0.2, 0.25) is 5.28 Å². The van der Waals surface area contributed by atoms with Crippen LogP contribution in [0.15, 0.2) is 6.20 Å². The zero-order valence-corrected chi connectivity index (χ0v) is 13.0. The van der Waals surface area contributed by atoms with Gasteiger partial charge in [0.2, 0.25) is 5.28 Å². The Labute approximate surface area is 123 Å². The molecule has 1 amide bonds. The first kappa shape index (κ1) is 14.8. The molecule has 1 aliphatic heterocycles. The van der Waals surface area contributed by atoms with E-state index in [0.717, 1.165) is 0 Å². The molecule has 0 saturated carbocycles. The van der Waals surface area contributed by atoms with Gasteiger partial charge in [0.25, 0.3) is 0 Å². The Kier molecular flexibility index (Phi) is 3.54. The maximum Gasteiger partial charge on any atom is 0.416 e. The van der Waals surface area contributed by atoms with E-state index in [-0.39, 0.29) is 5.28 Å². The van der Waals surface area contributed by atoms with E-state index in [0.29, 0.717) is 18.2 Å². The molecule has 0 atom stereocenters. The maximum absolute atomic E-state index is 12.4. The molecule has 0 radical (unpaired) electrons. The molecule has 0 aliphatic carbocycles. The molecule has 2 rings (SSSR count). The summed E-state index contributed by atoms with van der Waals surface area (Å²) < 4.78 is 11.0. The van der Waals surface area contributed by atoms with Crippen molar-refractivity contribution >= 4 is 23.5 Å².